The van der Waals surface area contributed by atoms with Gasteiger partial charge in [-0.05, 0) is 153 Å². The van der Waals surface area contributed by atoms with Gasteiger partial charge in [0, 0.05) is 12.0 Å². The van der Waals surface area contributed by atoms with Crippen LogP contribution in [0.2, 0.25) is 0 Å². The highest BCUT2D eigenvalue weighted by Gasteiger charge is 2.72. The molecule has 1 unspecified atom stereocenters. The Hall–Kier alpha value is -4.20. The fourth-order valence-electron chi connectivity index (χ4n) is 17.3. The second-order valence-electron chi connectivity index (χ2n) is 24.6. The summed E-state index contributed by atoms with van der Waals surface area (Å²) in [6, 6.07) is 20.1. The third kappa shape index (κ3) is 6.77. The first kappa shape index (κ1) is 45.6. The minimum atomic E-state index is -0.522. The lowest BCUT2D eigenvalue weighted by atomic mass is 9.32. The van der Waals surface area contributed by atoms with Gasteiger partial charge in [-0.25, -0.2) is 4.98 Å². The smallest absolute Gasteiger partial charge is 0.309 e. The Kier molecular flexibility index (Phi) is 11.2. The van der Waals surface area contributed by atoms with Crippen molar-refractivity contribution in [2.75, 3.05) is 6.54 Å². The highest BCUT2D eigenvalue weighted by molar-refractivity contribution is 5.85. The van der Waals surface area contributed by atoms with Gasteiger partial charge in [0.25, 0.3) is 0 Å². The van der Waals surface area contributed by atoms with Crippen LogP contribution in [-0.4, -0.2) is 45.4 Å². The average molecular weight is 896 g/mol. The largest absolute Gasteiger partial charge is 0.462 e. The molecule has 7 fully saturated rings. The van der Waals surface area contributed by atoms with Gasteiger partial charge < -0.3 is 19.4 Å². The number of ether oxygens (including phenoxy) is 2. The van der Waals surface area contributed by atoms with Crippen LogP contribution in [0.1, 0.15) is 156 Å². The van der Waals surface area contributed by atoms with Gasteiger partial charge in [-0.3, -0.25) is 14.4 Å². The molecule has 1 aliphatic heterocycles. The molecule has 0 spiro atoms. The van der Waals surface area contributed by atoms with Crippen LogP contribution in [0.15, 0.2) is 79.0 Å². The quantitative estimate of drug-likeness (QED) is 0.170. The number of benzene rings is 2. The number of H-pyrrole nitrogens is 1. The number of allylic oxidation sites excluding steroid dienone is 1. The van der Waals surface area contributed by atoms with Crippen molar-refractivity contribution in [3.63, 3.8) is 0 Å². The van der Waals surface area contributed by atoms with Gasteiger partial charge >= 0.3 is 11.9 Å². The predicted octanol–water partition coefficient (Wildman–Crippen LogP) is 12.7. The normalized spacial score (nSPS) is 39.6. The van der Waals surface area contributed by atoms with Crippen LogP contribution in [0, 0.1) is 73.9 Å². The summed E-state index contributed by atoms with van der Waals surface area (Å²) in [6.07, 6.45) is 14.8. The van der Waals surface area contributed by atoms with E-state index in [2.05, 4.69) is 82.3 Å². The minimum Gasteiger partial charge on any atom is -0.462 e. The summed E-state index contributed by atoms with van der Waals surface area (Å²) in [7, 11) is 0. The fourth-order valence-corrected chi connectivity index (χ4v) is 17.3. The van der Waals surface area contributed by atoms with E-state index >= 15 is 4.79 Å². The van der Waals surface area contributed by atoms with Crippen molar-refractivity contribution in [2.45, 2.75) is 158 Å². The minimum absolute atomic E-state index is 0.0190. The molecule has 10 rings (SSSR count). The molecule has 7 aliphatic rings. The Balaban J connectivity index is 0.849. The molecule has 1 aromatic heterocycles. The average Bonchev–Trinajstić information content (AvgIpc) is 4.07. The maximum atomic E-state index is 15.6. The highest BCUT2D eigenvalue weighted by atomic mass is 16.5. The van der Waals surface area contributed by atoms with Gasteiger partial charge in [0.1, 0.15) is 18.5 Å². The van der Waals surface area contributed by atoms with Crippen LogP contribution in [0.4, 0.5) is 0 Å². The number of aromatic nitrogens is 2. The third-order valence-corrected chi connectivity index (χ3v) is 21.3. The molecule has 13 atom stereocenters. The molecule has 3 aromatic rings. The van der Waals surface area contributed by atoms with Gasteiger partial charge in [0.05, 0.1) is 35.2 Å². The van der Waals surface area contributed by atoms with Crippen LogP contribution >= 0.6 is 0 Å². The Labute approximate surface area is 394 Å². The summed E-state index contributed by atoms with van der Waals surface area (Å²) < 4.78 is 12.4. The molecule has 2 aromatic carbocycles. The molecule has 2 heterocycles. The molecule has 8 heteroatoms. The standard InChI is InChI=1S/C58H77N3O5/c1-36(2)39-24-29-58(52(64)61-32-16-21-44(61)49-59-34-43(60-49)38-19-14-11-15-20-38)31-30-56(8)40(48(39)58)22-23-46-55(7)27-26-47(54(5,6)45(55)25-28-57(46,56)9)66-51(63)42-33-41(53(42,3)4)50(62)65-35-37-17-12-10-13-18-37/h10-15,17-20,34,39-42,44-48H,1,16,21-33,35H2,2-9H3,(H,59,60)/t39?,40-,41-,42+,44+,45+,46-,47+,48-,55+,56-,57-,58+/m1/s1. The van der Waals surface area contributed by atoms with Crippen molar-refractivity contribution >= 4 is 17.8 Å². The third-order valence-electron chi connectivity index (χ3n) is 21.3. The number of rotatable bonds is 9. The summed E-state index contributed by atoms with van der Waals surface area (Å²) in [6.45, 7) is 24.7. The monoisotopic (exact) mass is 896 g/mol. The molecule has 354 valence electrons. The molecule has 6 saturated carbocycles. The number of nitrogens with zero attached hydrogens (tertiary/aromatic N) is 2. The summed E-state index contributed by atoms with van der Waals surface area (Å²) in [5.74, 6) is 2.41. The molecule has 1 saturated heterocycles. The Morgan fingerprint density at radius 1 is 0.758 bits per heavy atom. The molecular formula is C58H77N3O5. The first-order valence-electron chi connectivity index (χ1n) is 25.8. The number of hydrogen-bond acceptors (Lipinski definition) is 6. The van der Waals surface area contributed by atoms with Crippen LogP contribution in [0.3, 0.4) is 0 Å². The van der Waals surface area contributed by atoms with Crippen molar-refractivity contribution in [3.05, 3.63) is 90.4 Å². The van der Waals surface area contributed by atoms with Gasteiger partial charge in [0.15, 0.2) is 0 Å². The molecule has 1 amide bonds. The van der Waals surface area contributed by atoms with E-state index < -0.39 is 5.41 Å². The van der Waals surface area contributed by atoms with Crippen molar-refractivity contribution in [1.82, 2.24) is 14.9 Å². The maximum absolute atomic E-state index is 15.6. The number of esters is 2. The molecule has 6 aliphatic carbocycles. The van der Waals surface area contributed by atoms with Crippen LogP contribution < -0.4 is 0 Å². The van der Waals surface area contributed by atoms with E-state index in [1.54, 1.807) is 0 Å². The molecule has 0 bridgehead atoms. The van der Waals surface area contributed by atoms with Crippen LogP contribution in [-0.2, 0) is 30.5 Å². The van der Waals surface area contributed by atoms with Gasteiger partial charge in [-0.2, -0.15) is 0 Å². The van der Waals surface area contributed by atoms with E-state index in [1.165, 1.54) is 18.4 Å². The molecule has 0 radical (unpaired) electrons. The number of hydrogen-bond donors (Lipinski definition) is 1. The molecule has 66 heavy (non-hydrogen) atoms. The molecular weight excluding hydrogens is 819 g/mol. The topological polar surface area (TPSA) is 102 Å². The van der Waals surface area contributed by atoms with Crippen molar-refractivity contribution in [1.29, 1.82) is 0 Å². The van der Waals surface area contributed by atoms with Gasteiger partial charge in [-0.1, -0.05) is 121 Å². The van der Waals surface area contributed by atoms with Gasteiger partial charge in [-0.15, -0.1) is 0 Å². The van der Waals surface area contributed by atoms with E-state index in [9.17, 15) is 9.59 Å². The zero-order valence-electron chi connectivity index (χ0n) is 41.3. The zero-order valence-corrected chi connectivity index (χ0v) is 41.3. The number of imidazole rings is 1. The first-order chi connectivity index (χ1) is 31.4. The highest BCUT2D eigenvalue weighted by Crippen LogP contribution is 2.78. The van der Waals surface area contributed by atoms with Crippen molar-refractivity contribution in [3.8, 4) is 11.3 Å². The lowest BCUT2D eigenvalue weighted by Gasteiger charge is -2.73. The fraction of sp³-hybridized carbons (Fsp3) is 0.655. The summed E-state index contributed by atoms with van der Waals surface area (Å²) in [4.78, 5) is 53.8. The summed E-state index contributed by atoms with van der Waals surface area (Å²) in [5.41, 5.74) is 3.64. The van der Waals surface area contributed by atoms with Crippen LogP contribution in [0.5, 0.6) is 0 Å². The Morgan fingerprint density at radius 2 is 1.47 bits per heavy atom. The van der Waals surface area contributed by atoms with E-state index in [0.717, 1.165) is 93.4 Å². The lowest BCUT2D eigenvalue weighted by molar-refractivity contribution is -0.251. The number of carbonyl (C=O) groups excluding carboxylic acids is 3. The van der Waals surface area contributed by atoms with E-state index in [0.29, 0.717) is 41.9 Å². The van der Waals surface area contributed by atoms with E-state index in [4.69, 9.17) is 14.5 Å². The SMILES string of the molecule is C=C(C)C1CC[C@]2(C(=O)N3CCC[C@H]3c3ncc(-c4ccccc4)[nH]3)CC[C@]3(C)[C@H](CC[C@@H]4[C@@]5(C)CC[C@H](OC(=O)[C@@H]6C[C@H](C(=O)OCc7ccccc7)C6(C)C)C(C)(C)[C@@H]5CC[C@]43C)[C@@H]12. The molecule has 8 nitrogen and oxygen atoms in total. The van der Waals surface area contributed by atoms with Crippen LogP contribution in [0.25, 0.3) is 11.3 Å². The number of likely N-dealkylation sites (tertiary alicyclic amines) is 1. The van der Waals surface area contributed by atoms with Crippen molar-refractivity contribution in [2.24, 2.45) is 73.9 Å². The maximum Gasteiger partial charge on any atom is 0.309 e. The summed E-state index contributed by atoms with van der Waals surface area (Å²) in [5, 5.41) is 0. The van der Waals surface area contributed by atoms with E-state index in [1.807, 2.05) is 56.4 Å². The first-order valence-corrected chi connectivity index (χ1v) is 25.8. The number of aromatic amines is 1. The van der Waals surface area contributed by atoms with E-state index in [-0.39, 0.29) is 69.6 Å². The number of amides is 1. The molecule has 1 N–H and O–H groups in total. The predicted molar refractivity (Wildman–Crippen MR) is 258 cm³/mol. The lowest BCUT2D eigenvalue weighted by Crippen LogP contribution is -2.67. The summed E-state index contributed by atoms with van der Waals surface area (Å²) >= 11 is 0. The second kappa shape index (κ2) is 16.2. The number of nitrogens with one attached hydrogen (secondary N) is 1. The Morgan fingerprint density at radius 3 is 2.18 bits per heavy atom. The number of fused-ring (bicyclic) bond motifs is 7. The Bertz CT molecular complexity index is 2350. The zero-order chi connectivity index (χ0) is 46.6. The van der Waals surface area contributed by atoms with Crippen molar-refractivity contribution < 1.29 is 23.9 Å². The van der Waals surface area contributed by atoms with Gasteiger partial charge in [0.2, 0.25) is 5.91 Å². The number of carbonyl (C=O) groups is 3. The second-order valence-corrected chi connectivity index (χ2v) is 24.6.